The summed E-state index contributed by atoms with van der Waals surface area (Å²) in [6.07, 6.45) is 1.16. The van der Waals surface area contributed by atoms with Gasteiger partial charge in [0.25, 0.3) is 0 Å². The zero-order valence-electron chi connectivity index (χ0n) is 13.2. The molecule has 1 aliphatic rings. The van der Waals surface area contributed by atoms with Crippen LogP contribution in [0, 0.1) is 11.3 Å². The lowest BCUT2D eigenvalue weighted by Gasteiger charge is -2.33. The first-order chi connectivity index (χ1) is 9.08. The predicted octanol–water partition coefficient (Wildman–Crippen LogP) is 1.61. The average Bonchev–Trinajstić information content (AvgIpc) is 2.77. The van der Waals surface area contributed by atoms with Crippen molar-refractivity contribution in [3.8, 4) is 0 Å². The number of nitrogens with zero attached hydrogens (tertiary/aromatic N) is 1. The van der Waals surface area contributed by atoms with Gasteiger partial charge in [-0.15, -0.1) is 0 Å². The SMILES string of the molecule is CCOCCN(C)CC1(CNCC(C)C)CCOC1. The molecule has 1 fully saturated rings. The van der Waals surface area contributed by atoms with Crippen LogP contribution in [0.1, 0.15) is 27.2 Å². The molecule has 0 radical (unpaired) electrons. The van der Waals surface area contributed by atoms with Crippen LogP contribution >= 0.6 is 0 Å². The minimum atomic E-state index is 0.288. The molecule has 1 aliphatic heterocycles. The van der Waals surface area contributed by atoms with Gasteiger partial charge in [-0.2, -0.15) is 0 Å². The fourth-order valence-corrected chi connectivity index (χ4v) is 2.61. The van der Waals surface area contributed by atoms with Crippen LogP contribution in [0.25, 0.3) is 0 Å². The van der Waals surface area contributed by atoms with E-state index in [1.807, 2.05) is 6.92 Å². The highest BCUT2D eigenvalue weighted by Gasteiger charge is 2.35. The molecule has 4 nitrogen and oxygen atoms in total. The number of ether oxygens (including phenoxy) is 2. The lowest BCUT2D eigenvalue weighted by atomic mass is 9.86. The third-order valence-corrected chi connectivity index (χ3v) is 3.66. The molecule has 1 saturated heterocycles. The summed E-state index contributed by atoms with van der Waals surface area (Å²) in [6.45, 7) is 14.2. The van der Waals surface area contributed by atoms with Crippen LogP contribution in [0.15, 0.2) is 0 Å². The van der Waals surface area contributed by atoms with E-state index in [0.717, 1.165) is 59.0 Å². The minimum Gasteiger partial charge on any atom is -0.381 e. The summed E-state index contributed by atoms with van der Waals surface area (Å²) in [5, 5.41) is 3.60. The Hall–Kier alpha value is -0.160. The van der Waals surface area contributed by atoms with E-state index in [-0.39, 0.29) is 5.41 Å². The first-order valence-corrected chi connectivity index (χ1v) is 7.63. The zero-order chi connectivity index (χ0) is 14.1. The van der Waals surface area contributed by atoms with Gasteiger partial charge in [0, 0.05) is 38.3 Å². The fourth-order valence-electron chi connectivity index (χ4n) is 2.61. The maximum Gasteiger partial charge on any atom is 0.0593 e. The van der Waals surface area contributed by atoms with Gasteiger partial charge in [-0.25, -0.2) is 0 Å². The molecule has 114 valence electrons. The lowest BCUT2D eigenvalue weighted by molar-refractivity contribution is 0.0872. The fraction of sp³-hybridized carbons (Fsp3) is 1.00. The smallest absolute Gasteiger partial charge is 0.0593 e. The molecule has 0 aromatic heterocycles. The summed E-state index contributed by atoms with van der Waals surface area (Å²) >= 11 is 0. The van der Waals surface area contributed by atoms with Gasteiger partial charge in [0.1, 0.15) is 0 Å². The summed E-state index contributed by atoms with van der Waals surface area (Å²) in [4.78, 5) is 2.38. The van der Waals surface area contributed by atoms with Gasteiger partial charge in [-0.05, 0) is 32.9 Å². The number of likely N-dealkylation sites (N-methyl/N-ethyl adjacent to an activating group) is 1. The summed E-state index contributed by atoms with van der Waals surface area (Å²) in [7, 11) is 2.18. The Morgan fingerprint density at radius 2 is 2.21 bits per heavy atom. The summed E-state index contributed by atoms with van der Waals surface area (Å²) < 4.78 is 11.1. The maximum absolute atomic E-state index is 5.65. The van der Waals surface area contributed by atoms with Gasteiger partial charge >= 0.3 is 0 Å². The molecule has 0 bridgehead atoms. The zero-order valence-corrected chi connectivity index (χ0v) is 13.2. The van der Waals surface area contributed by atoms with E-state index in [9.17, 15) is 0 Å². The molecule has 1 rings (SSSR count). The van der Waals surface area contributed by atoms with Crippen LogP contribution in [0.5, 0.6) is 0 Å². The average molecular weight is 272 g/mol. The topological polar surface area (TPSA) is 33.7 Å². The Morgan fingerprint density at radius 3 is 2.79 bits per heavy atom. The number of hydrogen-bond acceptors (Lipinski definition) is 4. The van der Waals surface area contributed by atoms with E-state index >= 15 is 0 Å². The lowest BCUT2D eigenvalue weighted by Crippen LogP contribution is -2.45. The van der Waals surface area contributed by atoms with Crippen molar-refractivity contribution in [3.63, 3.8) is 0 Å². The van der Waals surface area contributed by atoms with Gasteiger partial charge in [0.15, 0.2) is 0 Å². The molecule has 0 aliphatic carbocycles. The summed E-state index contributed by atoms with van der Waals surface area (Å²) in [5.74, 6) is 0.704. The largest absolute Gasteiger partial charge is 0.381 e. The van der Waals surface area contributed by atoms with Gasteiger partial charge in [-0.1, -0.05) is 13.8 Å². The number of rotatable bonds is 10. The molecule has 0 amide bonds. The Balaban J connectivity index is 2.33. The van der Waals surface area contributed by atoms with Crippen LogP contribution in [-0.2, 0) is 9.47 Å². The normalized spacial score (nSPS) is 23.7. The highest BCUT2D eigenvalue weighted by molar-refractivity contribution is 4.88. The monoisotopic (exact) mass is 272 g/mol. The van der Waals surface area contributed by atoms with Crippen molar-refractivity contribution >= 4 is 0 Å². The molecule has 0 spiro atoms. The standard InChI is InChI=1S/C15H32N2O2/c1-5-18-9-7-17(4)12-15(6-8-19-13-15)11-16-10-14(2)3/h14,16H,5-13H2,1-4H3. The van der Waals surface area contributed by atoms with Crippen molar-refractivity contribution in [1.82, 2.24) is 10.2 Å². The Bertz CT molecular complexity index is 228. The molecule has 0 saturated carbocycles. The van der Waals surface area contributed by atoms with Crippen LogP contribution < -0.4 is 5.32 Å². The molecule has 1 unspecified atom stereocenters. The first-order valence-electron chi connectivity index (χ1n) is 7.63. The van der Waals surface area contributed by atoms with Crippen molar-refractivity contribution in [1.29, 1.82) is 0 Å². The molecule has 1 N–H and O–H groups in total. The molecule has 0 aromatic rings. The molecule has 19 heavy (non-hydrogen) atoms. The maximum atomic E-state index is 5.65. The molecular formula is C15H32N2O2. The second kappa shape index (κ2) is 8.90. The second-order valence-corrected chi connectivity index (χ2v) is 6.26. The van der Waals surface area contributed by atoms with Crippen molar-refractivity contribution in [2.75, 3.05) is 59.7 Å². The molecular weight excluding hydrogens is 240 g/mol. The van der Waals surface area contributed by atoms with E-state index in [2.05, 4.69) is 31.1 Å². The van der Waals surface area contributed by atoms with Gasteiger partial charge in [0.05, 0.1) is 13.2 Å². The van der Waals surface area contributed by atoms with Crippen molar-refractivity contribution in [3.05, 3.63) is 0 Å². The third-order valence-electron chi connectivity index (χ3n) is 3.66. The van der Waals surface area contributed by atoms with Crippen LogP contribution in [0.3, 0.4) is 0 Å². The molecule has 1 heterocycles. The number of nitrogens with one attached hydrogen (secondary N) is 1. The van der Waals surface area contributed by atoms with E-state index in [1.165, 1.54) is 0 Å². The Kier molecular flexibility index (Phi) is 7.91. The van der Waals surface area contributed by atoms with E-state index in [4.69, 9.17) is 9.47 Å². The third kappa shape index (κ3) is 6.70. The van der Waals surface area contributed by atoms with Gasteiger partial charge in [0.2, 0.25) is 0 Å². The van der Waals surface area contributed by atoms with Gasteiger partial charge in [-0.3, -0.25) is 0 Å². The van der Waals surface area contributed by atoms with Crippen molar-refractivity contribution in [2.24, 2.45) is 11.3 Å². The quantitative estimate of drug-likeness (QED) is 0.613. The molecule has 1 atom stereocenters. The predicted molar refractivity (Wildman–Crippen MR) is 79.6 cm³/mol. The molecule has 4 heteroatoms. The minimum absolute atomic E-state index is 0.288. The highest BCUT2D eigenvalue weighted by atomic mass is 16.5. The van der Waals surface area contributed by atoms with E-state index in [0.29, 0.717) is 5.92 Å². The first kappa shape index (κ1) is 16.9. The number of hydrogen-bond donors (Lipinski definition) is 1. The van der Waals surface area contributed by atoms with E-state index < -0.39 is 0 Å². The van der Waals surface area contributed by atoms with Crippen LogP contribution in [0.2, 0.25) is 0 Å². The second-order valence-electron chi connectivity index (χ2n) is 6.26. The molecule has 0 aromatic carbocycles. The highest BCUT2D eigenvalue weighted by Crippen LogP contribution is 2.28. The van der Waals surface area contributed by atoms with Crippen molar-refractivity contribution in [2.45, 2.75) is 27.2 Å². The Morgan fingerprint density at radius 1 is 1.42 bits per heavy atom. The summed E-state index contributed by atoms with van der Waals surface area (Å²) in [5.41, 5.74) is 0.288. The van der Waals surface area contributed by atoms with Crippen LogP contribution in [-0.4, -0.2) is 64.6 Å². The van der Waals surface area contributed by atoms with Crippen molar-refractivity contribution < 1.29 is 9.47 Å². The van der Waals surface area contributed by atoms with E-state index in [1.54, 1.807) is 0 Å². The van der Waals surface area contributed by atoms with Crippen LogP contribution in [0.4, 0.5) is 0 Å². The Labute approximate surface area is 118 Å². The van der Waals surface area contributed by atoms with Gasteiger partial charge < -0.3 is 19.7 Å². The summed E-state index contributed by atoms with van der Waals surface area (Å²) in [6, 6.07) is 0.